The Kier molecular flexibility index (Phi) is 14.8. The third kappa shape index (κ3) is 8.77. The van der Waals surface area contributed by atoms with Crippen molar-refractivity contribution in [2.24, 2.45) is 5.73 Å². The molecule has 0 radical (unpaired) electrons. The molecule has 0 aliphatic carbocycles. The summed E-state index contributed by atoms with van der Waals surface area (Å²) in [6.45, 7) is 13.5. The fourth-order valence-electron chi connectivity index (χ4n) is 2.38. The second-order valence-electron chi connectivity index (χ2n) is 5.81. The number of hydrogen-bond acceptors (Lipinski definition) is 4. The monoisotopic (exact) mass is 389 g/mol. The van der Waals surface area contributed by atoms with Crippen LogP contribution in [0.4, 0.5) is 0 Å². The lowest BCUT2D eigenvalue weighted by atomic mass is 9.96. The number of rotatable bonds is 9. The van der Waals surface area contributed by atoms with E-state index in [-0.39, 0.29) is 0 Å². The molecule has 2 unspecified atom stereocenters. The van der Waals surface area contributed by atoms with Gasteiger partial charge in [0.1, 0.15) is 11.5 Å². The summed E-state index contributed by atoms with van der Waals surface area (Å²) in [4.78, 5) is 0. The molecule has 2 atom stereocenters. The van der Waals surface area contributed by atoms with Crippen LogP contribution in [0, 0.1) is 0 Å². The molecule has 0 heterocycles. The number of ether oxygens (including phenoxy) is 2. The Morgan fingerprint density at radius 3 is 1.43 bits per heavy atom. The van der Waals surface area contributed by atoms with Gasteiger partial charge in [-0.25, -0.2) is 0 Å². The zero-order valence-corrected chi connectivity index (χ0v) is 18.4. The molecule has 4 heteroatoms. The maximum Gasteiger partial charge on any atom is 0.119 e. The van der Waals surface area contributed by atoms with Gasteiger partial charge in [0.05, 0.1) is 25.4 Å². The predicted molar refractivity (Wildman–Crippen MR) is 119 cm³/mol. The minimum absolute atomic E-state index is 0.493. The summed E-state index contributed by atoms with van der Waals surface area (Å²) in [6.07, 6.45) is 1.16. The van der Waals surface area contributed by atoms with E-state index in [0.29, 0.717) is 13.2 Å². The highest BCUT2D eigenvalue weighted by Gasteiger charge is 2.19. The number of nitrogens with two attached hydrogens (primary N) is 1. The SMILES string of the molecule is CC.CC.CCCOc1ccc(C(N)C(O)c2ccc(OCCC)cc2)cc1. The van der Waals surface area contributed by atoms with Gasteiger partial charge in [0.25, 0.3) is 0 Å². The Morgan fingerprint density at radius 1 is 0.714 bits per heavy atom. The number of aliphatic hydroxyl groups excluding tert-OH is 1. The minimum atomic E-state index is -0.771. The normalized spacial score (nSPS) is 11.9. The molecule has 0 saturated heterocycles. The topological polar surface area (TPSA) is 64.7 Å². The Hall–Kier alpha value is -2.04. The summed E-state index contributed by atoms with van der Waals surface area (Å²) in [6, 6.07) is 14.5. The smallest absolute Gasteiger partial charge is 0.119 e. The lowest BCUT2D eigenvalue weighted by molar-refractivity contribution is 0.147. The van der Waals surface area contributed by atoms with Gasteiger partial charge in [-0.05, 0) is 48.2 Å². The average Bonchev–Trinajstić information content (AvgIpc) is 2.78. The molecular weight excluding hydrogens is 350 g/mol. The second-order valence-corrected chi connectivity index (χ2v) is 5.81. The summed E-state index contributed by atoms with van der Waals surface area (Å²) in [7, 11) is 0. The summed E-state index contributed by atoms with van der Waals surface area (Å²) in [5.74, 6) is 1.62. The molecule has 28 heavy (non-hydrogen) atoms. The zero-order chi connectivity index (χ0) is 21.4. The van der Waals surface area contributed by atoms with Crippen LogP contribution < -0.4 is 15.2 Å². The number of aliphatic hydroxyl groups is 1. The molecule has 0 spiro atoms. The van der Waals surface area contributed by atoms with Crippen LogP contribution in [0.5, 0.6) is 11.5 Å². The number of hydrogen-bond donors (Lipinski definition) is 2. The van der Waals surface area contributed by atoms with Gasteiger partial charge in [-0.3, -0.25) is 0 Å². The molecule has 2 aromatic rings. The molecule has 0 aromatic heterocycles. The van der Waals surface area contributed by atoms with Gasteiger partial charge in [0.2, 0.25) is 0 Å². The van der Waals surface area contributed by atoms with Gasteiger partial charge in [-0.1, -0.05) is 65.8 Å². The molecule has 0 amide bonds. The predicted octanol–water partition coefficient (Wildman–Crippen LogP) is 6.05. The molecule has 0 bridgehead atoms. The van der Waals surface area contributed by atoms with Crippen molar-refractivity contribution in [2.75, 3.05) is 13.2 Å². The van der Waals surface area contributed by atoms with Crippen LogP contribution in [0.15, 0.2) is 48.5 Å². The molecule has 158 valence electrons. The molecule has 4 nitrogen and oxygen atoms in total. The van der Waals surface area contributed by atoms with E-state index in [1.807, 2.05) is 76.2 Å². The molecule has 0 aliphatic heterocycles. The zero-order valence-electron chi connectivity index (χ0n) is 18.4. The average molecular weight is 390 g/mol. The van der Waals surface area contributed by atoms with Crippen molar-refractivity contribution in [1.82, 2.24) is 0 Å². The molecular formula is C24H39NO3. The van der Waals surface area contributed by atoms with Crippen molar-refractivity contribution < 1.29 is 14.6 Å². The standard InChI is InChI=1S/C20H27NO3.2C2H6/c1-3-13-23-17-9-5-15(6-10-17)19(21)20(22)16-7-11-18(12-8-16)24-14-4-2;2*1-2/h5-12,19-20,22H,3-4,13-14,21H2,1-2H3;2*1-2H3. The van der Waals surface area contributed by atoms with Crippen LogP contribution in [-0.2, 0) is 0 Å². The van der Waals surface area contributed by atoms with E-state index in [2.05, 4.69) is 13.8 Å². The highest BCUT2D eigenvalue weighted by molar-refractivity contribution is 5.33. The molecule has 3 N–H and O–H groups in total. The molecule has 2 aromatic carbocycles. The van der Waals surface area contributed by atoms with Crippen molar-refractivity contribution in [3.63, 3.8) is 0 Å². The van der Waals surface area contributed by atoms with Crippen molar-refractivity contribution in [2.45, 2.75) is 66.5 Å². The van der Waals surface area contributed by atoms with Gasteiger partial charge in [-0.15, -0.1) is 0 Å². The fourth-order valence-corrected chi connectivity index (χ4v) is 2.38. The van der Waals surface area contributed by atoms with E-state index in [9.17, 15) is 5.11 Å². The summed E-state index contributed by atoms with van der Waals surface area (Å²) in [5, 5.41) is 10.5. The summed E-state index contributed by atoms with van der Waals surface area (Å²) >= 11 is 0. The number of benzene rings is 2. The van der Waals surface area contributed by atoms with Crippen LogP contribution in [0.3, 0.4) is 0 Å². The summed E-state index contributed by atoms with van der Waals surface area (Å²) < 4.78 is 11.1. The summed E-state index contributed by atoms with van der Waals surface area (Å²) in [5.41, 5.74) is 7.87. The first-order valence-corrected chi connectivity index (χ1v) is 10.5. The van der Waals surface area contributed by atoms with E-state index in [1.54, 1.807) is 0 Å². The van der Waals surface area contributed by atoms with E-state index in [4.69, 9.17) is 15.2 Å². The quantitative estimate of drug-likeness (QED) is 0.548. The first kappa shape index (κ1) is 26.0. The maximum absolute atomic E-state index is 10.5. The van der Waals surface area contributed by atoms with Gasteiger partial charge in [0.15, 0.2) is 0 Å². The minimum Gasteiger partial charge on any atom is -0.494 e. The lowest BCUT2D eigenvalue weighted by Gasteiger charge is -2.20. The highest BCUT2D eigenvalue weighted by atomic mass is 16.5. The van der Waals surface area contributed by atoms with E-state index < -0.39 is 12.1 Å². The van der Waals surface area contributed by atoms with Crippen molar-refractivity contribution in [1.29, 1.82) is 0 Å². The van der Waals surface area contributed by atoms with Crippen molar-refractivity contribution in [3.05, 3.63) is 59.7 Å². The van der Waals surface area contributed by atoms with E-state index in [1.165, 1.54) is 0 Å². The van der Waals surface area contributed by atoms with Crippen LogP contribution in [-0.4, -0.2) is 18.3 Å². The van der Waals surface area contributed by atoms with E-state index in [0.717, 1.165) is 35.5 Å². The molecule has 2 rings (SSSR count). The van der Waals surface area contributed by atoms with Gasteiger partial charge in [-0.2, -0.15) is 0 Å². The third-order valence-electron chi connectivity index (χ3n) is 3.77. The van der Waals surface area contributed by atoms with Crippen molar-refractivity contribution in [3.8, 4) is 11.5 Å². The fraction of sp³-hybridized carbons (Fsp3) is 0.500. The Labute approximate surface area is 171 Å². The largest absolute Gasteiger partial charge is 0.494 e. The molecule has 0 saturated carbocycles. The van der Waals surface area contributed by atoms with Crippen LogP contribution >= 0.6 is 0 Å². The third-order valence-corrected chi connectivity index (χ3v) is 3.77. The second kappa shape index (κ2) is 16.0. The van der Waals surface area contributed by atoms with Crippen LogP contribution in [0.2, 0.25) is 0 Å². The maximum atomic E-state index is 10.5. The van der Waals surface area contributed by atoms with Crippen LogP contribution in [0.25, 0.3) is 0 Å². The molecule has 0 fully saturated rings. The first-order valence-electron chi connectivity index (χ1n) is 10.5. The van der Waals surface area contributed by atoms with Gasteiger partial charge < -0.3 is 20.3 Å². The van der Waals surface area contributed by atoms with Gasteiger partial charge in [0, 0.05) is 0 Å². The van der Waals surface area contributed by atoms with Crippen LogP contribution in [0.1, 0.15) is 77.7 Å². The Balaban J connectivity index is 0.00000171. The van der Waals surface area contributed by atoms with Crippen molar-refractivity contribution >= 4 is 0 Å². The molecule has 0 aliphatic rings. The Bertz CT molecular complexity index is 541. The lowest BCUT2D eigenvalue weighted by Crippen LogP contribution is -2.19. The first-order chi connectivity index (χ1) is 13.7. The Morgan fingerprint density at radius 2 is 1.07 bits per heavy atom. The van der Waals surface area contributed by atoms with E-state index >= 15 is 0 Å². The van der Waals surface area contributed by atoms with Gasteiger partial charge >= 0.3 is 0 Å². The highest BCUT2D eigenvalue weighted by Crippen LogP contribution is 2.29.